The van der Waals surface area contributed by atoms with E-state index in [4.69, 9.17) is 5.73 Å². The van der Waals surface area contributed by atoms with Crippen LogP contribution in [-0.2, 0) is 6.54 Å². The first-order valence-electron chi connectivity index (χ1n) is 5.18. The van der Waals surface area contributed by atoms with Crippen molar-refractivity contribution in [1.82, 2.24) is 9.55 Å². The van der Waals surface area contributed by atoms with Crippen molar-refractivity contribution < 1.29 is 0 Å². The largest absolute Gasteiger partial charge is 0.331 e. The summed E-state index contributed by atoms with van der Waals surface area (Å²) in [6.45, 7) is 5.99. The lowest BCUT2D eigenvalue weighted by molar-refractivity contribution is 0.669. The Balaban J connectivity index is 2.77. The van der Waals surface area contributed by atoms with Gasteiger partial charge in [0.1, 0.15) is 5.82 Å². The molecule has 3 nitrogen and oxygen atoms in total. The minimum atomic E-state index is 0.700. The molecule has 0 saturated carbocycles. The van der Waals surface area contributed by atoms with E-state index in [9.17, 15) is 0 Å². The second kappa shape index (κ2) is 5.60. The molecule has 1 aromatic heterocycles. The number of rotatable bonds is 5. The number of imidazole rings is 1. The quantitative estimate of drug-likeness (QED) is 0.777. The highest BCUT2D eigenvalue weighted by Crippen LogP contribution is 2.12. The minimum Gasteiger partial charge on any atom is -0.331 e. The molecule has 1 aromatic rings. The van der Waals surface area contributed by atoms with E-state index in [1.54, 1.807) is 0 Å². The summed E-state index contributed by atoms with van der Waals surface area (Å²) in [5.74, 6) is 1.07. The number of aryl methyl sites for hydroxylation is 1. The van der Waals surface area contributed by atoms with Crippen molar-refractivity contribution in [1.29, 1.82) is 0 Å². The molecule has 0 unspecified atom stereocenters. The van der Waals surface area contributed by atoms with Crippen molar-refractivity contribution in [2.24, 2.45) is 5.73 Å². The normalized spacial score (nSPS) is 12.1. The van der Waals surface area contributed by atoms with Crippen LogP contribution in [-0.4, -0.2) is 16.1 Å². The topological polar surface area (TPSA) is 43.8 Å². The maximum absolute atomic E-state index is 5.46. The molecule has 0 saturated heterocycles. The van der Waals surface area contributed by atoms with Crippen molar-refractivity contribution in [3.63, 3.8) is 0 Å². The molecule has 0 spiro atoms. The minimum absolute atomic E-state index is 0.700. The molecule has 0 aliphatic carbocycles. The van der Waals surface area contributed by atoms with Crippen molar-refractivity contribution in [2.75, 3.05) is 6.54 Å². The predicted octanol–water partition coefficient (Wildman–Crippen LogP) is 2.05. The fourth-order valence-electron chi connectivity index (χ4n) is 1.47. The Labute approximate surface area is 85.6 Å². The van der Waals surface area contributed by atoms with E-state index in [1.807, 2.05) is 12.4 Å². The van der Waals surface area contributed by atoms with Crippen LogP contribution in [0.15, 0.2) is 18.5 Å². The number of hydrogen-bond acceptors (Lipinski definition) is 2. The maximum atomic E-state index is 5.46. The van der Waals surface area contributed by atoms with Gasteiger partial charge in [0.05, 0.1) is 0 Å². The van der Waals surface area contributed by atoms with Gasteiger partial charge in [-0.15, -0.1) is 0 Å². The Morgan fingerprint density at radius 1 is 1.64 bits per heavy atom. The molecule has 2 N–H and O–H groups in total. The van der Waals surface area contributed by atoms with Gasteiger partial charge in [0.15, 0.2) is 0 Å². The van der Waals surface area contributed by atoms with E-state index in [0.717, 1.165) is 25.2 Å². The molecule has 0 amide bonds. The fraction of sp³-hybridized carbons (Fsp3) is 0.545. The summed E-state index contributed by atoms with van der Waals surface area (Å²) in [6.07, 6.45) is 8.08. The van der Waals surface area contributed by atoms with Crippen LogP contribution < -0.4 is 5.73 Å². The summed E-state index contributed by atoms with van der Waals surface area (Å²) < 4.78 is 2.18. The lowest BCUT2D eigenvalue weighted by atomic mass is 10.2. The lowest BCUT2D eigenvalue weighted by Gasteiger charge is -2.05. The number of hydrogen-bond donors (Lipinski definition) is 1. The van der Waals surface area contributed by atoms with Gasteiger partial charge in [0.2, 0.25) is 0 Å². The second-order valence-corrected chi connectivity index (χ2v) is 3.41. The second-order valence-electron chi connectivity index (χ2n) is 3.41. The standard InChI is InChI=1S/C11H19N3/c1-3-8-14-9-7-13-11(14)10(2)5-4-6-12/h5,7,9H,3-4,6,8,12H2,1-2H3. The number of nitrogens with two attached hydrogens (primary N) is 1. The van der Waals surface area contributed by atoms with Gasteiger partial charge in [-0.1, -0.05) is 13.0 Å². The zero-order chi connectivity index (χ0) is 10.4. The summed E-state index contributed by atoms with van der Waals surface area (Å²) in [5.41, 5.74) is 6.67. The van der Waals surface area contributed by atoms with Crippen LogP contribution in [0.3, 0.4) is 0 Å². The third-order valence-electron chi connectivity index (χ3n) is 2.15. The van der Waals surface area contributed by atoms with E-state index < -0.39 is 0 Å². The van der Waals surface area contributed by atoms with Crippen molar-refractivity contribution in [3.8, 4) is 0 Å². The van der Waals surface area contributed by atoms with Gasteiger partial charge in [-0.2, -0.15) is 0 Å². The average Bonchev–Trinajstić information content (AvgIpc) is 2.63. The Morgan fingerprint density at radius 3 is 3.07 bits per heavy atom. The van der Waals surface area contributed by atoms with Crippen LogP contribution in [0.2, 0.25) is 0 Å². The highest BCUT2D eigenvalue weighted by molar-refractivity contribution is 5.57. The van der Waals surface area contributed by atoms with Crippen LogP contribution >= 0.6 is 0 Å². The first-order valence-corrected chi connectivity index (χ1v) is 5.18. The Morgan fingerprint density at radius 2 is 2.43 bits per heavy atom. The van der Waals surface area contributed by atoms with E-state index in [0.29, 0.717) is 6.54 Å². The van der Waals surface area contributed by atoms with Crippen molar-refractivity contribution in [2.45, 2.75) is 33.2 Å². The molecule has 1 rings (SSSR count). The summed E-state index contributed by atoms with van der Waals surface area (Å²) in [5, 5.41) is 0. The average molecular weight is 193 g/mol. The fourth-order valence-corrected chi connectivity index (χ4v) is 1.47. The van der Waals surface area contributed by atoms with Gasteiger partial charge >= 0.3 is 0 Å². The molecule has 0 atom stereocenters. The Bertz CT molecular complexity index is 299. The number of aromatic nitrogens is 2. The number of allylic oxidation sites excluding steroid dienone is 1. The molecule has 0 aromatic carbocycles. The monoisotopic (exact) mass is 193 g/mol. The first kappa shape index (κ1) is 11.0. The summed E-state index contributed by atoms with van der Waals surface area (Å²) in [4.78, 5) is 4.34. The lowest BCUT2D eigenvalue weighted by Crippen LogP contribution is -2.01. The predicted molar refractivity (Wildman–Crippen MR) is 59.8 cm³/mol. The zero-order valence-electron chi connectivity index (χ0n) is 9.03. The Kier molecular flexibility index (Phi) is 4.40. The molecule has 3 heteroatoms. The molecular formula is C11H19N3. The molecule has 14 heavy (non-hydrogen) atoms. The van der Waals surface area contributed by atoms with E-state index in [1.165, 1.54) is 5.57 Å². The van der Waals surface area contributed by atoms with Gasteiger partial charge in [-0.3, -0.25) is 0 Å². The number of nitrogens with zero attached hydrogens (tertiary/aromatic N) is 2. The highest BCUT2D eigenvalue weighted by atomic mass is 15.1. The smallest absolute Gasteiger partial charge is 0.135 e. The molecule has 0 aliphatic heterocycles. The maximum Gasteiger partial charge on any atom is 0.135 e. The van der Waals surface area contributed by atoms with Gasteiger partial charge in [0, 0.05) is 18.9 Å². The van der Waals surface area contributed by atoms with Crippen molar-refractivity contribution in [3.05, 3.63) is 24.3 Å². The van der Waals surface area contributed by atoms with Gasteiger partial charge in [-0.05, 0) is 31.9 Å². The zero-order valence-corrected chi connectivity index (χ0v) is 9.03. The first-order chi connectivity index (χ1) is 6.79. The van der Waals surface area contributed by atoms with Crippen molar-refractivity contribution >= 4 is 5.57 Å². The van der Waals surface area contributed by atoms with E-state index in [2.05, 4.69) is 29.5 Å². The molecule has 0 fully saturated rings. The third-order valence-corrected chi connectivity index (χ3v) is 2.15. The summed E-state index contributed by atoms with van der Waals surface area (Å²) >= 11 is 0. The van der Waals surface area contributed by atoms with Gasteiger partial charge in [0.25, 0.3) is 0 Å². The molecule has 0 aliphatic rings. The SMILES string of the molecule is CCCn1ccnc1C(C)=CCCN. The molecule has 1 heterocycles. The van der Waals surface area contributed by atoms with Crippen LogP contribution in [0.4, 0.5) is 0 Å². The molecule has 0 bridgehead atoms. The van der Waals surface area contributed by atoms with Gasteiger partial charge < -0.3 is 10.3 Å². The highest BCUT2D eigenvalue weighted by Gasteiger charge is 2.02. The molecule has 78 valence electrons. The van der Waals surface area contributed by atoms with Crippen LogP contribution in [0, 0.1) is 0 Å². The van der Waals surface area contributed by atoms with E-state index in [-0.39, 0.29) is 0 Å². The van der Waals surface area contributed by atoms with E-state index >= 15 is 0 Å². The van der Waals surface area contributed by atoms with Crippen LogP contribution in [0.1, 0.15) is 32.5 Å². The summed E-state index contributed by atoms with van der Waals surface area (Å²) in [7, 11) is 0. The third kappa shape index (κ3) is 2.70. The molecular weight excluding hydrogens is 174 g/mol. The van der Waals surface area contributed by atoms with Crippen LogP contribution in [0.25, 0.3) is 5.57 Å². The van der Waals surface area contributed by atoms with Gasteiger partial charge in [-0.25, -0.2) is 4.98 Å². The summed E-state index contributed by atoms with van der Waals surface area (Å²) in [6, 6.07) is 0. The van der Waals surface area contributed by atoms with Crippen LogP contribution in [0.5, 0.6) is 0 Å². The Hall–Kier alpha value is -1.09. The molecule has 0 radical (unpaired) electrons.